The van der Waals surface area contributed by atoms with Crippen LogP contribution in [0.15, 0.2) is 12.1 Å². The minimum Gasteiger partial charge on any atom is -0.497 e. The summed E-state index contributed by atoms with van der Waals surface area (Å²) in [6.45, 7) is 0. The van der Waals surface area contributed by atoms with E-state index in [0.29, 0.717) is 5.75 Å². The van der Waals surface area contributed by atoms with Crippen LogP contribution in [-0.2, 0) is 9.53 Å². The molecular formula is C13H12O6. The van der Waals surface area contributed by atoms with E-state index in [4.69, 9.17) is 14.6 Å². The van der Waals surface area contributed by atoms with Crippen molar-refractivity contribution in [2.75, 3.05) is 21.3 Å². The quantitative estimate of drug-likeness (QED) is 0.646. The maximum absolute atomic E-state index is 11.2. The van der Waals surface area contributed by atoms with E-state index >= 15 is 0 Å². The molecule has 0 unspecified atom stereocenters. The van der Waals surface area contributed by atoms with Crippen LogP contribution in [-0.4, -0.2) is 38.4 Å². The van der Waals surface area contributed by atoms with Gasteiger partial charge in [-0.2, -0.15) is 0 Å². The Hall–Kier alpha value is -2.68. The first-order chi connectivity index (χ1) is 9.03. The Kier molecular flexibility index (Phi) is 4.77. The summed E-state index contributed by atoms with van der Waals surface area (Å²) in [5.41, 5.74) is -0.0335. The van der Waals surface area contributed by atoms with Crippen molar-refractivity contribution < 1.29 is 28.9 Å². The van der Waals surface area contributed by atoms with Crippen LogP contribution in [0.5, 0.6) is 11.5 Å². The number of benzene rings is 1. The van der Waals surface area contributed by atoms with Crippen molar-refractivity contribution in [3.63, 3.8) is 0 Å². The van der Waals surface area contributed by atoms with Gasteiger partial charge in [0.05, 0.1) is 21.3 Å². The van der Waals surface area contributed by atoms with Crippen molar-refractivity contribution in [3.8, 4) is 23.3 Å². The molecular weight excluding hydrogens is 252 g/mol. The normalized spacial score (nSPS) is 9.00. The van der Waals surface area contributed by atoms with E-state index in [1.165, 1.54) is 33.5 Å². The molecule has 0 fully saturated rings. The molecule has 0 saturated carbocycles. The minimum atomic E-state index is -1.21. The van der Waals surface area contributed by atoms with Crippen LogP contribution in [0.3, 0.4) is 0 Å². The Morgan fingerprint density at radius 1 is 1.16 bits per heavy atom. The van der Waals surface area contributed by atoms with E-state index < -0.39 is 11.9 Å². The highest BCUT2D eigenvalue weighted by Gasteiger charge is 2.17. The third kappa shape index (κ3) is 3.39. The summed E-state index contributed by atoms with van der Waals surface area (Å²) in [5, 5.41) is 9.16. The number of aromatic carboxylic acids is 1. The standard InChI is InChI=1S/C13H12O6/c1-17-9-6-8(4-5-11(14)19-3)12(13(15)16)10(7-9)18-2/h6-7H,1-3H3,(H,15,16). The third-order valence-corrected chi connectivity index (χ3v) is 2.23. The number of carboxylic acid groups (broad SMARTS) is 1. The van der Waals surface area contributed by atoms with Crippen molar-refractivity contribution >= 4 is 11.9 Å². The van der Waals surface area contributed by atoms with Gasteiger partial charge in [-0.3, -0.25) is 0 Å². The smallest absolute Gasteiger partial charge is 0.384 e. The van der Waals surface area contributed by atoms with Crippen molar-refractivity contribution in [2.45, 2.75) is 0 Å². The number of carboxylic acids is 1. The van der Waals surface area contributed by atoms with E-state index in [-0.39, 0.29) is 16.9 Å². The van der Waals surface area contributed by atoms with Gasteiger partial charge in [-0.05, 0) is 6.07 Å². The Morgan fingerprint density at radius 3 is 2.32 bits per heavy atom. The number of esters is 1. The Balaban J connectivity index is 3.44. The van der Waals surface area contributed by atoms with Gasteiger partial charge in [0.2, 0.25) is 0 Å². The third-order valence-electron chi connectivity index (χ3n) is 2.23. The monoisotopic (exact) mass is 264 g/mol. The molecule has 1 aromatic carbocycles. The van der Waals surface area contributed by atoms with Crippen LogP contribution in [0.4, 0.5) is 0 Å². The number of rotatable bonds is 3. The zero-order valence-corrected chi connectivity index (χ0v) is 10.6. The van der Waals surface area contributed by atoms with Crippen LogP contribution in [0.2, 0.25) is 0 Å². The Bertz CT molecular complexity index is 564. The lowest BCUT2D eigenvalue weighted by atomic mass is 10.1. The highest BCUT2D eigenvalue weighted by molar-refractivity contribution is 5.96. The highest BCUT2D eigenvalue weighted by Crippen LogP contribution is 2.28. The molecule has 1 rings (SSSR count). The maximum atomic E-state index is 11.2. The molecule has 0 radical (unpaired) electrons. The van der Waals surface area contributed by atoms with Gasteiger partial charge in [0.1, 0.15) is 17.1 Å². The summed E-state index contributed by atoms with van der Waals surface area (Å²) in [4.78, 5) is 22.2. The molecule has 0 aromatic heterocycles. The number of hydrogen-bond acceptors (Lipinski definition) is 5. The predicted octanol–water partition coefficient (Wildman–Crippen LogP) is 0.926. The van der Waals surface area contributed by atoms with E-state index in [1.807, 2.05) is 0 Å². The largest absolute Gasteiger partial charge is 0.497 e. The first-order valence-corrected chi connectivity index (χ1v) is 5.12. The topological polar surface area (TPSA) is 82.1 Å². The molecule has 19 heavy (non-hydrogen) atoms. The van der Waals surface area contributed by atoms with Crippen LogP contribution in [0.25, 0.3) is 0 Å². The number of carbonyl (C=O) groups is 2. The average Bonchev–Trinajstić information content (AvgIpc) is 2.42. The van der Waals surface area contributed by atoms with Crippen molar-refractivity contribution in [1.29, 1.82) is 0 Å². The SMILES string of the molecule is COC(=O)C#Cc1cc(OC)cc(OC)c1C(=O)O. The average molecular weight is 264 g/mol. The molecule has 6 nitrogen and oxygen atoms in total. The summed E-state index contributed by atoms with van der Waals surface area (Å²) >= 11 is 0. The lowest BCUT2D eigenvalue weighted by Gasteiger charge is -2.09. The van der Waals surface area contributed by atoms with Crippen LogP contribution < -0.4 is 9.47 Å². The van der Waals surface area contributed by atoms with Gasteiger partial charge in [0.25, 0.3) is 0 Å². The summed E-state index contributed by atoms with van der Waals surface area (Å²) in [6.07, 6.45) is 0. The number of carbonyl (C=O) groups excluding carboxylic acids is 1. The molecule has 0 atom stereocenters. The van der Waals surface area contributed by atoms with Crippen LogP contribution in [0.1, 0.15) is 15.9 Å². The second-order valence-electron chi connectivity index (χ2n) is 3.30. The first kappa shape index (κ1) is 14.4. The Morgan fingerprint density at radius 2 is 1.84 bits per heavy atom. The van der Waals surface area contributed by atoms with Gasteiger partial charge in [0.15, 0.2) is 0 Å². The Labute approximate surface area is 109 Å². The fraction of sp³-hybridized carbons (Fsp3) is 0.231. The van der Waals surface area contributed by atoms with Gasteiger partial charge >= 0.3 is 11.9 Å². The maximum Gasteiger partial charge on any atom is 0.384 e. The van der Waals surface area contributed by atoms with E-state index in [9.17, 15) is 9.59 Å². The molecule has 0 heterocycles. The minimum absolute atomic E-state index is 0.0982. The molecule has 0 aliphatic rings. The lowest BCUT2D eigenvalue weighted by Crippen LogP contribution is -2.05. The van der Waals surface area contributed by atoms with E-state index in [1.54, 1.807) is 0 Å². The zero-order chi connectivity index (χ0) is 14.4. The highest BCUT2D eigenvalue weighted by atomic mass is 16.5. The van der Waals surface area contributed by atoms with Gasteiger partial charge < -0.3 is 19.3 Å². The zero-order valence-electron chi connectivity index (χ0n) is 10.6. The fourth-order valence-electron chi connectivity index (χ4n) is 1.36. The molecule has 100 valence electrons. The van der Waals surface area contributed by atoms with Gasteiger partial charge in [-0.15, -0.1) is 0 Å². The molecule has 0 bridgehead atoms. The van der Waals surface area contributed by atoms with Crippen molar-refractivity contribution in [1.82, 2.24) is 0 Å². The molecule has 0 aliphatic heterocycles. The second kappa shape index (κ2) is 6.31. The van der Waals surface area contributed by atoms with Gasteiger partial charge in [-0.1, -0.05) is 5.92 Å². The lowest BCUT2D eigenvalue weighted by molar-refractivity contribution is -0.133. The van der Waals surface area contributed by atoms with Crippen molar-refractivity contribution in [2.24, 2.45) is 0 Å². The van der Waals surface area contributed by atoms with Crippen LogP contribution in [0, 0.1) is 11.8 Å². The second-order valence-corrected chi connectivity index (χ2v) is 3.30. The van der Waals surface area contributed by atoms with Crippen molar-refractivity contribution in [3.05, 3.63) is 23.3 Å². The summed E-state index contributed by atoms with van der Waals surface area (Å²) in [6, 6.07) is 2.83. The summed E-state index contributed by atoms with van der Waals surface area (Å²) in [5.74, 6) is 3.08. The molecule has 0 saturated heterocycles. The van der Waals surface area contributed by atoms with E-state index in [2.05, 4.69) is 16.6 Å². The molecule has 0 spiro atoms. The summed E-state index contributed by atoms with van der Waals surface area (Å²) in [7, 11) is 3.94. The molecule has 6 heteroatoms. The molecule has 0 amide bonds. The predicted molar refractivity (Wildman–Crippen MR) is 65.4 cm³/mol. The summed E-state index contributed by atoms with van der Waals surface area (Å²) < 4.78 is 14.3. The fourth-order valence-corrected chi connectivity index (χ4v) is 1.36. The number of hydrogen-bond donors (Lipinski definition) is 1. The molecule has 1 N–H and O–H groups in total. The van der Waals surface area contributed by atoms with Gasteiger partial charge in [0, 0.05) is 17.6 Å². The first-order valence-electron chi connectivity index (χ1n) is 5.12. The number of methoxy groups -OCH3 is 3. The van der Waals surface area contributed by atoms with E-state index in [0.717, 1.165) is 0 Å². The van der Waals surface area contributed by atoms with Crippen LogP contribution >= 0.6 is 0 Å². The van der Waals surface area contributed by atoms with Gasteiger partial charge in [-0.25, -0.2) is 9.59 Å². The molecule has 1 aromatic rings. The number of ether oxygens (including phenoxy) is 3. The molecule has 0 aliphatic carbocycles.